The Bertz CT molecular complexity index is 300. The number of unbranched alkanes of at least 4 members (excludes halogenated alkanes) is 5. The van der Waals surface area contributed by atoms with Gasteiger partial charge in [0.2, 0.25) is 0 Å². The van der Waals surface area contributed by atoms with Crippen molar-refractivity contribution in [3.63, 3.8) is 0 Å². The standard InChI is InChI=1S/C14H22ClISi/c1-2-3-4-5-6-10-13-17(15,16)14-11-8-7-9-12-14/h7-9,11-12H,2-6,10,13H2,1H3. The quantitative estimate of drug-likeness (QED) is 0.246. The van der Waals surface area contributed by atoms with Crippen molar-refractivity contribution in [2.24, 2.45) is 0 Å². The SMILES string of the molecule is CCCCCCCC[Si](Cl)(I)c1ccccc1. The van der Waals surface area contributed by atoms with Gasteiger partial charge in [-0.3, -0.25) is 0 Å². The molecule has 0 aliphatic heterocycles. The Hall–Kier alpha value is 0.457. The van der Waals surface area contributed by atoms with E-state index in [0.717, 1.165) is 0 Å². The molecule has 1 unspecified atom stereocenters. The minimum atomic E-state index is -1.71. The molecule has 1 atom stereocenters. The molecule has 0 aliphatic rings. The van der Waals surface area contributed by atoms with Crippen LogP contribution in [0.3, 0.4) is 0 Å². The number of hydrogen-bond acceptors (Lipinski definition) is 0. The molecule has 0 heterocycles. The Morgan fingerprint density at radius 3 is 2.24 bits per heavy atom. The Balaban J connectivity index is 2.26. The third-order valence-corrected chi connectivity index (χ3v) is 9.91. The lowest BCUT2D eigenvalue weighted by Gasteiger charge is -2.17. The molecule has 0 N–H and O–H groups in total. The van der Waals surface area contributed by atoms with E-state index in [1.807, 2.05) is 0 Å². The lowest BCUT2D eigenvalue weighted by atomic mass is 10.1. The molecule has 0 amide bonds. The minimum absolute atomic E-state index is 1.20. The summed E-state index contributed by atoms with van der Waals surface area (Å²) in [6, 6.07) is 11.8. The van der Waals surface area contributed by atoms with E-state index >= 15 is 0 Å². The molecule has 0 aromatic heterocycles. The maximum Gasteiger partial charge on any atom is 0.251 e. The minimum Gasteiger partial charge on any atom is -0.147 e. The summed E-state index contributed by atoms with van der Waals surface area (Å²) in [4.78, 5) is -1.71. The first-order valence-electron chi connectivity index (χ1n) is 6.60. The van der Waals surface area contributed by atoms with Gasteiger partial charge in [-0.25, -0.2) is 0 Å². The van der Waals surface area contributed by atoms with Crippen molar-refractivity contribution in [2.75, 3.05) is 0 Å². The van der Waals surface area contributed by atoms with Crippen molar-refractivity contribution in [1.82, 2.24) is 0 Å². The predicted octanol–water partition coefficient (Wildman–Crippen LogP) is 5.37. The van der Waals surface area contributed by atoms with Crippen molar-refractivity contribution in [3.8, 4) is 0 Å². The summed E-state index contributed by atoms with van der Waals surface area (Å²) in [5.74, 6) is 0. The summed E-state index contributed by atoms with van der Waals surface area (Å²) in [6.07, 6.45) is 8.10. The molecule has 1 aromatic rings. The van der Waals surface area contributed by atoms with Crippen LogP contribution < -0.4 is 5.19 Å². The first kappa shape index (κ1) is 15.5. The fourth-order valence-corrected chi connectivity index (χ4v) is 6.62. The second kappa shape index (κ2) is 8.54. The van der Waals surface area contributed by atoms with Gasteiger partial charge in [-0.2, -0.15) is 0 Å². The summed E-state index contributed by atoms with van der Waals surface area (Å²) in [6.45, 7) is 2.26. The van der Waals surface area contributed by atoms with Gasteiger partial charge in [0.15, 0.2) is 0 Å². The molecule has 0 spiro atoms. The van der Waals surface area contributed by atoms with Gasteiger partial charge in [-0.15, -0.1) is 11.1 Å². The van der Waals surface area contributed by atoms with E-state index in [9.17, 15) is 0 Å². The van der Waals surface area contributed by atoms with Crippen LogP contribution >= 0.6 is 32.9 Å². The molecule has 0 bridgehead atoms. The molecular formula is C14H22ClISi. The Labute approximate surface area is 124 Å². The zero-order valence-corrected chi connectivity index (χ0v) is 14.5. The fraction of sp³-hybridized carbons (Fsp3) is 0.571. The van der Waals surface area contributed by atoms with Crippen LogP contribution in [0, 0.1) is 0 Å². The smallest absolute Gasteiger partial charge is 0.147 e. The number of rotatable bonds is 8. The summed E-state index contributed by atoms with van der Waals surface area (Å²) >= 11 is 9.24. The summed E-state index contributed by atoms with van der Waals surface area (Å²) in [5, 5.41) is 1.37. The third kappa shape index (κ3) is 6.25. The molecule has 96 valence electrons. The maximum absolute atomic E-state index is 6.73. The van der Waals surface area contributed by atoms with Gasteiger partial charge < -0.3 is 0 Å². The molecule has 17 heavy (non-hydrogen) atoms. The zero-order valence-electron chi connectivity index (χ0n) is 10.6. The van der Waals surface area contributed by atoms with E-state index in [0.29, 0.717) is 0 Å². The van der Waals surface area contributed by atoms with Crippen LogP contribution in [0.5, 0.6) is 0 Å². The molecule has 0 aliphatic carbocycles. The Morgan fingerprint density at radius 1 is 1.00 bits per heavy atom. The molecule has 0 radical (unpaired) electrons. The van der Waals surface area contributed by atoms with Gasteiger partial charge in [-0.1, -0.05) is 97.6 Å². The highest BCUT2D eigenvalue weighted by molar-refractivity contribution is 14.1. The summed E-state index contributed by atoms with van der Waals surface area (Å²) in [5.41, 5.74) is 0. The van der Waals surface area contributed by atoms with Gasteiger partial charge in [0, 0.05) is 0 Å². The Morgan fingerprint density at radius 2 is 1.59 bits per heavy atom. The average Bonchev–Trinajstić information content (AvgIpc) is 2.35. The maximum atomic E-state index is 6.73. The molecule has 1 rings (SSSR count). The van der Waals surface area contributed by atoms with Gasteiger partial charge in [0.05, 0.1) is 0 Å². The van der Waals surface area contributed by atoms with Crippen molar-refractivity contribution in [1.29, 1.82) is 0 Å². The lowest BCUT2D eigenvalue weighted by Crippen LogP contribution is -2.35. The van der Waals surface area contributed by atoms with Crippen molar-refractivity contribution in [2.45, 2.75) is 51.5 Å². The van der Waals surface area contributed by atoms with Gasteiger partial charge in [-0.05, 0) is 11.2 Å². The van der Waals surface area contributed by atoms with E-state index in [4.69, 9.17) is 11.1 Å². The van der Waals surface area contributed by atoms with Crippen LogP contribution in [-0.2, 0) is 0 Å². The highest BCUT2D eigenvalue weighted by Gasteiger charge is 2.28. The normalized spacial score (nSPS) is 14.5. The summed E-state index contributed by atoms with van der Waals surface area (Å²) < 4.78 is 0. The lowest BCUT2D eigenvalue weighted by molar-refractivity contribution is 0.624. The molecule has 0 fully saturated rings. The van der Waals surface area contributed by atoms with Crippen LogP contribution in [0.2, 0.25) is 6.04 Å². The van der Waals surface area contributed by atoms with Gasteiger partial charge >= 0.3 is 0 Å². The zero-order chi connectivity index (χ0) is 12.6. The molecule has 3 heteroatoms. The van der Waals surface area contributed by atoms with E-state index in [-0.39, 0.29) is 0 Å². The molecule has 0 saturated carbocycles. The van der Waals surface area contributed by atoms with E-state index in [1.54, 1.807) is 0 Å². The molecular weight excluding hydrogens is 359 g/mol. The van der Waals surface area contributed by atoms with E-state index in [2.05, 4.69) is 59.1 Å². The third-order valence-electron chi connectivity index (χ3n) is 3.04. The van der Waals surface area contributed by atoms with Crippen molar-refractivity contribution >= 4 is 42.9 Å². The summed E-state index contributed by atoms with van der Waals surface area (Å²) in [7, 11) is 0. The highest BCUT2D eigenvalue weighted by atomic mass is 127. The first-order chi connectivity index (χ1) is 8.17. The monoisotopic (exact) mass is 380 g/mol. The largest absolute Gasteiger partial charge is 0.251 e. The first-order valence-corrected chi connectivity index (χ1v) is 12.9. The van der Waals surface area contributed by atoms with Gasteiger partial charge in [0.1, 0.15) is 0 Å². The average molecular weight is 381 g/mol. The van der Waals surface area contributed by atoms with Crippen molar-refractivity contribution in [3.05, 3.63) is 30.3 Å². The van der Waals surface area contributed by atoms with E-state index < -0.39 is 4.88 Å². The predicted molar refractivity (Wildman–Crippen MR) is 89.9 cm³/mol. The topological polar surface area (TPSA) is 0 Å². The van der Waals surface area contributed by atoms with Crippen LogP contribution in [0.4, 0.5) is 0 Å². The second-order valence-electron chi connectivity index (χ2n) is 4.59. The fourth-order valence-electron chi connectivity index (χ4n) is 1.95. The molecule has 0 nitrogen and oxygen atoms in total. The van der Waals surface area contributed by atoms with Crippen LogP contribution in [0.1, 0.15) is 45.4 Å². The molecule has 0 saturated heterocycles. The number of benzene rings is 1. The van der Waals surface area contributed by atoms with Crippen LogP contribution in [0.25, 0.3) is 0 Å². The van der Waals surface area contributed by atoms with Gasteiger partial charge in [0.25, 0.3) is 4.88 Å². The number of hydrogen-bond donors (Lipinski definition) is 0. The Kier molecular flexibility index (Phi) is 7.79. The van der Waals surface area contributed by atoms with Crippen LogP contribution in [0.15, 0.2) is 30.3 Å². The second-order valence-corrected chi connectivity index (χ2v) is 16.4. The molecule has 1 aromatic carbocycles. The van der Waals surface area contributed by atoms with Crippen LogP contribution in [-0.4, -0.2) is 4.88 Å². The number of halogens is 2. The van der Waals surface area contributed by atoms with E-state index in [1.165, 1.54) is 49.8 Å². The van der Waals surface area contributed by atoms with Crippen molar-refractivity contribution < 1.29 is 0 Å². The highest BCUT2D eigenvalue weighted by Crippen LogP contribution is 2.26.